The maximum Gasteiger partial charge on any atom is -0.00604 e. The molecule has 0 aromatic heterocycles. The number of hydrogen-bond donors (Lipinski definition) is 0. The van der Waals surface area contributed by atoms with Crippen molar-refractivity contribution in [1.29, 1.82) is 0 Å². The molecule has 0 aliphatic heterocycles. The molecule has 0 N–H and O–H groups in total. The van der Waals surface area contributed by atoms with Gasteiger partial charge in [0.2, 0.25) is 0 Å². The average molecular weight is 254 g/mol. The molecular formula is C20H14. The Kier molecular flexibility index (Phi) is 1.68. The highest BCUT2D eigenvalue weighted by Crippen LogP contribution is 2.48. The number of hydrogen-bond acceptors (Lipinski definition) is 0. The minimum Gasteiger partial charge on any atom is -0.0616 e. The van der Waals surface area contributed by atoms with Crippen molar-refractivity contribution in [3.05, 3.63) is 59.7 Å². The second-order valence-electron chi connectivity index (χ2n) is 5.84. The fourth-order valence-electron chi connectivity index (χ4n) is 4.06. The van der Waals surface area contributed by atoms with Crippen LogP contribution in [0.4, 0.5) is 0 Å². The molecule has 5 rings (SSSR count). The summed E-state index contributed by atoms with van der Waals surface area (Å²) in [6.07, 6.45) is 0. The summed E-state index contributed by atoms with van der Waals surface area (Å²) in [5.41, 5.74) is 2.91. The van der Waals surface area contributed by atoms with E-state index in [0.29, 0.717) is 0 Å². The van der Waals surface area contributed by atoms with E-state index in [9.17, 15) is 0 Å². The number of aryl methyl sites for hydroxylation is 2. The van der Waals surface area contributed by atoms with Crippen molar-refractivity contribution in [1.82, 2.24) is 0 Å². The van der Waals surface area contributed by atoms with Crippen LogP contribution in [0.2, 0.25) is 0 Å². The van der Waals surface area contributed by atoms with Gasteiger partial charge in [0.05, 0.1) is 0 Å². The van der Waals surface area contributed by atoms with Crippen molar-refractivity contribution in [2.45, 2.75) is 13.8 Å². The largest absolute Gasteiger partial charge is 0.0616 e. The van der Waals surface area contributed by atoms with E-state index >= 15 is 0 Å². The van der Waals surface area contributed by atoms with Crippen LogP contribution in [0.15, 0.2) is 48.5 Å². The summed E-state index contributed by atoms with van der Waals surface area (Å²) in [7, 11) is 0. The Morgan fingerprint density at radius 1 is 0.450 bits per heavy atom. The molecule has 94 valence electrons. The van der Waals surface area contributed by atoms with E-state index in [4.69, 9.17) is 0 Å². The number of benzene rings is 3. The highest BCUT2D eigenvalue weighted by molar-refractivity contribution is 6.38. The molecule has 5 aromatic rings. The van der Waals surface area contributed by atoms with Crippen molar-refractivity contribution in [3.8, 4) is 0 Å². The van der Waals surface area contributed by atoms with Gasteiger partial charge in [-0.2, -0.15) is 0 Å². The Labute approximate surface area is 117 Å². The van der Waals surface area contributed by atoms with Gasteiger partial charge in [0.1, 0.15) is 0 Å². The van der Waals surface area contributed by atoms with Crippen LogP contribution >= 0.6 is 0 Å². The van der Waals surface area contributed by atoms with E-state index in [1.807, 2.05) is 0 Å². The molecule has 0 unspecified atom stereocenters. The summed E-state index contributed by atoms with van der Waals surface area (Å²) in [5, 5.41) is 11.6. The van der Waals surface area contributed by atoms with Crippen molar-refractivity contribution in [2.75, 3.05) is 0 Å². The van der Waals surface area contributed by atoms with Crippen LogP contribution in [0.3, 0.4) is 0 Å². The second-order valence-corrected chi connectivity index (χ2v) is 5.84. The molecule has 0 spiro atoms. The predicted octanol–water partition coefficient (Wildman–Crippen LogP) is 5.79. The lowest BCUT2D eigenvalue weighted by Crippen LogP contribution is -1.98. The standard InChI is InChI=1S/C20H14/c1-11-17-13-7-3-5-9-15(13)19(17)12(2)20-16-10-6-4-8-14(16)18(11)20/h3-10H,1-2H3. The van der Waals surface area contributed by atoms with Gasteiger partial charge in [-0.25, -0.2) is 0 Å². The average Bonchev–Trinajstić information content (AvgIpc) is 2.41. The van der Waals surface area contributed by atoms with Crippen LogP contribution in [0.1, 0.15) is 11.1 Å². The zero-order valence-electron chi connectivity index (χ0n) is 11.6. The van der Waals surface area contributed by atoms with Crippen LogP contribution < -0.4 is 0 Å². The SMILES string of the molecule is Cc1c2c3ccccc3c2c(C)c2c3ccccc3c12. The van der Waals surface area contributed by atoms with Crippen molar-refractivity contribution in [2.24, 2.45) is 0 Å². The summed E-state index contributed by atoms with van der Waals surface area (Å²) in [6, 6.07) is 17.6. The predicted molar refractivity (Wildman–Crippen MR) is 88.3 cm³/mol. The van der Waals surface area contributed by atoms with Gasteiger partial charge in [-0.1, -0.05) is 48.5 Å². The number of rotatable bonds is 0. The molecule has 0 radical (unpaired) electrons. The Morgan fingerprint density at radius 3 is 0.950 bits per heavy atom. The first-order valence-corrected chi connectivity index (χ1v) is 7.15. The molecule has 0 bridgehead atoms. The maximum atomic E-state index is 2.28. The van der Waals surface area contributed by atoms with Gasteiger partial charge >= 0.3 is 0 Å². The number of fused-ring (bicyclic) bond motifs is 8. The Bertz CT molecular complexity index is 924. The zero-order valence-corrected chi connectivity index (χ0v) is 11.6. The molecule has 0 aliphatic carbocycles. The van der Waals surface area contributed by atoms with Gasteiger partial charge < -0.3 is 0 Å². The molecule has 0 amide bonds. The van der Waals surface area contributed by atoms with Crippen molar-refractivity contribution >= 4 is 43.1 Å². The summed E-state index contributed by atoms with van der Waals surface area (Å²) < 4.78 is 0. The lowest BCUT2D eigenvalue weighted by Gasteiger charge is -2.24. The fourth-order valence-corrected chi connectivity index (χ4v) is 4.06. The van der Waals surface area contributed by atoms with E-state index < -0.39 is 0 Å². The van der Waals surface area contributed by atoms with Crippen LogP contribution in [0.25, 0.3) is 43.1 Å². The third kappa shape index (κ3) is 0.946. The lowest BCUT2D eigenvalue weighted by molar-refractivity contribution is 1.54. The van der Waals surface area contributed by atoms with Crippen LogP contribution in [-0.2, 0) is 0 Å². The molecule has 0 fully saturated rings. The monoisotopic (exact) mass is 254 g/mol. The summed E-state index contributed by atoms with van der Waals surface area (Å²) in [6.45, 7) is 4.56. The van der Waals surface area contributed by atoms with Gasteiger partial charge in [-0.15, -0.1) is 0 Å². The summed E-state index contributed by atoms with van der Waals surface area (Å²) in [4.78, 5) is 0. The molecule has 0 aliphatic rings. The smallest absolute Gasteiger partial charge is 0.00604 e. The topological polar surface area (TPSA) is 0 Å². The normalized spacial score (nSPS) is 12.5. The first-order chi connectivity index (χ1) is 9.79. The van der Waals surface area contributed by atoms with Crippen LogP contribution in [0, 0.1) is 13.8 Å². The van der Waals surface area contributed by atoms with Crippen molar-refractivity contribution in [3.63, 3.8) is 0 Å². The van der Waals surface area contributed by atoms with E-state index in [2.05, 4.69) is 62.4 Å². The van der Waals surface area contributed by atoms with E-state index in [-0.39, 0.29) is 0 Å². The molecule has 0 heterocycles. The molecule has 0 nitrogen and oxygen atoms in total. The molecule has 0 saturated carbocycles. The zero-order chi connectivity index (χ0) is 13.4. The molecular weight excluding hydrogens is 240 g/mol. The first kappa shape index (κ1) is 10.4. The lowest BCUT2D eigenvalue weighted by atomic mass is 9.79. The van der Waals surface area contributed by atoms with Crippen molar-refractivity contribution < 1.29 is 0 Å². The first-order valence-electron chi connectivity index (χ1n) is 7.15. The van der Waals surface area contributed by atoms with Gasteiger partial charge in [0, 0.05) is 0 Å². The molecule has 0 heteroatoms. The highest BCUT2D eigenvalue weighted by atomic mass is 14.2. The third-order valence-corrected chi connectivity index (χ3v) is 4.93. The Hall–Kier alpha value is -2.34. The molecule has 5 aromatic carbocycles. The Balaban J connectivity index is 2.13. The molecule has 0 saturated heterocycles. The summed E-state index contributed by atoms with van der Waals surface area (Å²) >= 11 is 0. The quantitative estimate of drug-likeness (QED) is 0.328. The highest BCUT2D eigenvalue weighted by Gasteiger charge is 2.22. The molecule has 20 heavy (non-hydrogen) atoms. The van der Waals surface area contributed by atoms with Crippen LogP contribution in [-0.4, -0.2) is 0 Å². The second kappa shape index (κ2) is 3.21. The van der Waals surface area contributed by atoms with Gasteiger partial charge in [-0.3, -0.25) is 0 Å². The van der Waals surface area contributed by atoms with E-state index in [0.717, 1.165) is 0 Å². The van der Waals surface area contributed by atoms with Crippen LogP contribution in [0.5, 0.6) is 0 Å². The summed E-state index contributed by atoms with van der Waals surface area (Å²) in [5.74, 6) is 0. The van der Waals surface area contributed by atoms with E-state index in [1.54, 1.807) is 0 Å². The minimum atomic E-state index is 1.43. The third-order valence-electron chi connectivity index (χ3n) is 4.93. The maximum absolute atomic E-state index is 2.28. The molecule has 0 atom stereocenters. The van der Waals surface area contributed by atoms with Gasteiger partial charge in [0.25, 0.3) is 0 Å². The van der Waals surface area contributed by atoms with Gasteiger partial charge in [-0.05, 0) is 68.1 Å². The van der Waals surface area contributed by atoms with E-state index in [1.165, 1.54) is 54.2 Å². The Morgan fingerprint density at radius 2 is 0.700 bits per heavy atom. The van der Waals surface area contributed by atoms with Gasteiger partial charge in [0.15, 0.2) is 0 Å². The minimum absolute atomic E-state index is 1.43. The fraction of sp³-hybridized carbons (Fsp3) is 0.100.